The van der Waals surface area contributed by atoms with Gasteiger partial charge in [-0.3, -0.25) is 4.79 Å². The summed E-state index contributed by atoms with van der Waals surface area (Å²) in [5.74, 6) is 0.327. The minimum atomic E-state index is -4.37. The van der Waals surface area contributed by atoms with Crippen LogP contribution in [-0.4, -0.2) is 31.8 Å². The fourth-order valence-electron chi connectivity index (χ4n) is 1.44. The Morgan fingerprint density at radius 3 is 2.60 bits per heavy atom. The average Bonchev–Trinajstić information content (AvgIpc) is 2.36. The summed E-state index contributed by atoms with van der Waals surface area (Å²) in [5.41, 5.74) is 0.399. The Morgan fingerprint density at radius 2 is 2.05 bits per heavy atom. The Hall–Kier alpha value is -1.08. The van der Waals surface area contributed by atoms with Gasteiger partial charge < -0.3 is 9.47 Å². The highest BCUT2D eigenvalue weighted by Crippen LogP contribution is 2.26. The largest absolute Gasteiger partial charge is 0.493 e. The number of benzene rings is 1. The van der Waals surface area contributed by atoms with Gasteiger partial charge in [-0.05, 0) is 41.1 Å². The topological polar surface area (TPSA) is 35.5 Å². The molecular weight excluding hydrogens is 341 g/mol. The standard InChI is InChI=1S/C13H14BrF3O3/c1-2-20-12-4-3-9(7-10(12)14)11(18)5-6-19-8-13(15,16)17/h3-4,7H,2,5-6,8H2,1H3. The molecule has 0 unspecified atom stereocenters. The van der Waals surface area contributed by atoms with Gasteiger partial charge in [0.2, 0.25) is 0 Å². The monoisotopic (exact) mass is 354 g/mol. The molecule has 0 amide bonds. The maximum Gasteiger partial charge on any atom is 0.411 e. The second-order valence-electron chi connectivity index (χ2n) is 3.92. The third kappa shape index (κ3) is 5.92. The molecule has 0 saturated heterocycles. The van der Waals surface area contributed by atoms with Crippen molar-refractivity contribution in [3.8, 4) is 5.75 Å². The van der Waals surface area contributed by atoms with Gasteiger partial charge >= 0.3 is 6.18 Å². The zero-order valence-electron chi connectivity index (χ0n) is 10.8. The number of ether oxygens (including phenoxy) is 2. The molecule has 112 valence electrons. The van der Waals surface area contributed by atoms with Crippen LogP contribution in [-0.2, 0) is 4.74 Å². The van der Waals surface area contributed by atoms with E-state index in [1.807, 2.05) is 6.92 Å². The van der Waals surface area contributed by atoms with Crippen LogP contribution < -0.4 is 4.74 Å². The number of hydrogen-bond donors (Lipinski definition) is 0. The molecule has 0 spiro atoms. The van der Waals surface area contributed by atoms with Crippen LogP contribution in [0.4, 0.5) is 13.2 Å². The van der Waals surface area contributed by atoms with Crippen molar-refractivity contribution in [2.24, 2.45) is 0 Å². The van der Waals surface area contributed by atoms with E-state index in [9.17, 15) is 18.0 Å². The van der Waals surface area contributed by atoms with E-state index in [-0.39, 0.29) is 18.8 Å². The van der Waals surface area contributed by atoms with E-state index in [1.54, 1.807) is 18.2 Å². The molecule has 0 N–H and O–H groups in total. The Bertz CT molecular complexity index is 461. The van der Waals surface area contributed by atoms with Crippen molar-refractivity contribution in [1.29, 1.82) is 0 Å². The van der Waals surface area contributed by atoms with E-state index < -0.39 is 12.8 Å². The molecule has 3 nitrogen and oxygen atoms in total. The molecule has 0 heterocycles. The molecule has 20 heavy (non-hydrogen) atoms. The number of Topliss-reactive ketones (excluding diaryl/α,β-unsaturated/α-hetero) is 1. The molecule has 0 aliphatic rings. The predicted octanol–water partition coefficient (Wildman–Crippen LogP) is 4.00. The van der Waals surface area contributed by atoms with Crippen molar-refractivity contribution >= 4 is 21.7 Å². The molecule has 0 radical (unpaired) electrons. The molecule has 1 aromatic rings. The van der Waals surface area contributed by atoms with Crippen molar-refractivity contribution in [3.05, 3.63) is 28.2 Å². The van der Waals surface area contributed by atoms with Crippen LogP contribution in [0.15, 0.2) is 22.7 Å². The molecule has 0 aromatic heterocycles. The van der Waals surface area contributed by atoms with E-state index >= 15 is 0 Å². The van der Waals surface area contributed by atoms with E-state index in [2.05, 4.69) is 20.7 Å². The highest BCUT2D eigenvalue weighted by atomic mass is 79.9. The number of alkyl halides is 3. The summed E-state index contributed by atoms with van der Waals surface area (Å²) in [7, 11) is 0. The van der Waals surface area contributed by atoms with Gasteiger partial charge in [-0.25, -0.2) is 0 Å². The van der Waals surface area contributed by atoms with E-state index in [0.29, 0.717) is 22.4 Å². The Balaban J connectivity index is 2.49. The lowest BCUT2D eigenvalue weighted by atomic mass is 10.1. The average molecular weight is 355 g/mol. The second-order valence-corrected chi connectivity index (χ2v) is 4.77. The quantitative estimate of drug-likeness (QED) is 0.548. The zero-order chi connectivity index (χ0) is 15.2. The van der Waals surface area contributed by atoms with Crippen LogP contribution in [0.2, 0.25) is 0 Å². The molecule has 1 rings (SSSR count). The Morgan fingerprint density at radius 1 is 1.35 bits per heavy atom. The number of rotatable bonds is 7. The van der Waals surface area contributed by atoms with Crippen LogP contribution in [0.1, 0.15) is 23.7 Å². The van der Waals surface area contributed by atoms with Crippen LogP contribution in [0.5, 0.6) is 5.75 Å². The third-order valence-corrected chi connectivity index (χ3v) is 2.91. The Kier molecular flexibility index (Phi) is 6.48. The summed E-state index contributed by atoms with van der Waals surface area (Å²) < 4.78 is 45.9. The molecule has 0 atom stereocenters. The van der Waals surface area contributed by atoms with Crippen LogP contribution in [0.25, 0.3) is 0 Å². The minimum absolute atomic E-state index is 0.101. The smallest absolute Gasteiger partial charge is 0.411 e. The molecule has 0 saturated carbocycles. The highest BCUT2D eigenvalue weighted by Gasteiger charge is 2.27. The SMILES string of the molecule is CCOc1ccc(C(=O)CCOCC(F)(F)F)cc1Br. The number of carbonyl (C=O) groups excluding carboxylic acids is 1. The maximum absolute atomic E-state index is 11.8. The first-order chi connectivity index (χ1) is 9.33. The number of ketones is 1. The van der Waals surface area contributed by atoms with Crippen LogP contribution >= 0.6 is 15.9 Å². The summed E-state index contributed by atoms with van der Waals surface area (Å²) in [6.45, 7) is 0.733. The van der Waals surface area contributed by atoms with E-state index in [1.165, 1.54) is 0 Å². The van der Waals surface area contributed by atoms with Crippen LogP contribution in [0, 0.1) is 0 Å². The van der Waals surface area contributed by atoms with E-state index in [0.717, 1.165) is 0 Å². The fraction of sp³-hybridized carbons (Fsp3) is 0.462. The lowest BCUT2D eigenvalue weighted by Gasteiger charge is -2.09. The molecule has 0 aliphatic carbocycles. The van der Waals surface area contributed by atoms with Crippen molar-refractivity contribution < 1.29 is 27.4 Å². The summed E-state index contributed by atoms with van der Waals surface area (Å²) in [6, 6.07) is 4.79. The predicted molar refractivity (Wildman–Crippen MR) is 71.1 cm³/mol. The van der Waals surface area contributed by atoms with Crippen LogP contribution in [0.3, 0.4) is 0 Å². The number of hydrogen-bond acceptors (Lipinski definition) is 3. The maximum atomic E-state index is 11.8. The molecule has 0 fully saturated rings. The van der Waals surface area contributed by atoms with Gasteiger partial charge in [0.1, 0.15) is 12.4 Å². The third-order valence-electron chi connectivity index (χ3n) is 2.29. The van der Waals surface area contributed by atoms with Gasteiger partial charge in [-0.15, -0.1) is 0 Å². The molecule has 0 aliphatic heterocycles. The van der Waals surface area contributed by atoms with Gasteiger partial charge in [0.05, 0.1) is 17.7 Å². The van der Waals surface area contributed by atoms with Gasteiger partial charge in [0, 0.05) is 12.0 Å². The first kappa shape index (κ1) is 17.0. The first-order valence-corrected chi connectivity index (χ1v) is 6.73. The number of halogens is 4. The summed E-state index contributed by atoms with van der Waals surface area (Å²) in [4.78, 5) is 11.8. The normalized spacial score (nSPS) is 11.4. The second kappa shape index (κ2) is 7.64. The fourth-order valence-corrected chi connectivity index (χ4v) is 1.94. The lowest BCUT2D eigenvalue weighted by molar-refractivity contribution is -0.173. The van der Waals surface area contributed by atoms with E-state index in [4.69, 9.17) is 4.74 Å². The summed E-state index contributed by atoms with van der Waals surface area (Å²) in [6.07, 6.45) is -4.47. The Labute approximate surface area is 123 Å². The molecule has 0 bridgehead atoms. The van der Waals surface area contributed by atoms with Gasteiger partial charge in [-0.1, -0.05) is 0 Å². The van der Waals surface area contributed by atoms with Gasteiger partial charge in [-0.2, -0.15) is 13.2 Å². The summed E-state index contributed by atoms with van der Waals surface area (Å²) in [5, 5.41) is 0. The van der Waals surface area contributed by atoms with Crippen molar-refractivity contribution in [3.63, 3.8) is 0 Å². The summed E-state index contributed by atoms with van der Waals surface area (Å²) >= 11 is 3.27. The lowest BCUT2D eigenvalue weighted by Crippen LogP contribution is -2.18. The van der Waals surface area contributed by atoms with Crippen molar-refractivity contribution in [1.82, 2.24) is 0 Å². The van der Waals surface area contributed by atoms with Gasteiger partial charge in [0.15, 0.2) is 5.78 Å². The zero-order valence-corrected chi connectivity index (χ0v) is 12.4. The molecule has 7 heteroatoms. The molecular formula is C13H14BrF3O3. The first-order valence-electron chi connectivity index (χ1n) is 5.93. The van der Waals surface area contributed by atoms with Gasteiger partial charge in [0.25, 0.3) is 0 Å². The highest BCUT2D eigenvalue weighted by molar-refractivity contribution is 9.10. The minimum Gasteiger partial charge on any atom is -0.493 e. The van der Waals surface area contributed by atoms with Crippen molar-refractivity contribution in [2.45, 2.75) is 19.5 Å². The molecule has 1 aromatic carbocycles. The van der Waals surface area contributed by atoms with Crippen molar-refractivity contribution in [2.75, 3.05) is 19.8 Å². The number of carbonyl (C=O) groups is 1.